The van der Waals surface area contributed by atoms with Crippen LogP contribution in [0.4, 0.5) is 5.69 Å². The van der Waals surface area contributed by atoms with E-state index in [-0.39, 0.29) is 18.5 Å². The van der Waals surface area contributed by atoms with Crippen LogP contribution in [0.25, 0.3) is 0 Å². The normalized spacial score (nSPS) is 10.3. The number of para-hydroxylation sites is 1. The minimum Gasteiger partial charge on any atom is -0.490 e. The Morgan fingerprint density at radius 1 is 0.958 bits per heavy atom. The van der Waals surface area contributed by atoms with E-state index >= 15 is 0 Å². The van der Waals surface area contributed by atoms with Gasteiger partial charge in [-0.3, -0.25) is 4.79 Å². The number of carbonyl (C=O) groups excluding carboxylic acids is 1. The molecule has 0 aromatic heterocycles. The van der Waals surface area contributed by atoms with Gasteiger partial charge in [0.2, 0.25) is 5.91 Å². The van der Waals surface area contributed by atoms with E-state index in [1.54, 1.807) is 0 Å². The average molecular weight is 328 g/mol. The fourth-order valence-electron chi connectivity index (χ4n) is 2.09. The van der Waals surface area contributed by atoms with Crippen LogP contribution in [-0.2, 0) is 4.79 Å². The molecule has 0 aliphatic carbocycles. The highest BCUT2D eigenvalue weighted by Gasteiger charge is 2.03. The maximum absolute atomic E-state index is 11.6. The zero-order valence-corrected chi connectivity index (χ0v) is 14.1. The first kappa shape index (κ1) is 17.7. The topological polar surface area (TPSA) is 59.6 Å². The summed E-state index contributed by atoms with van der Waals surface area (Å²) in [6, 6.07) is 17.3. The van der Waals surface area contributed by atoms with Gasteiger partial charge in [-0.25, -0.2) is 0 Å². The van der Waals surface area contributed by atoms with Gasteiger partial charge < -0.3 is 20.1 Å². The van der Waals surface area contributed by atoms with Crippen LogP contribution in [0, 0.1) is 0 Å². The Bertz CT molecular complexity index is 630. The molecule has 2 aromatic carbocycles. The molecule has 2 rings (SSSR count). The van der Waals surface area contributed by atoms with E-state index in [1.165, 1.54) is 0 Å². The molecule has 128 valence electrons. The molecule has 0 aliphatic heterocycles. The predicted molar refractivity (Wildman–Crippen MR) is 95.6 cm³/mol. The van der Waals surface area contributed by atoms with Crippen LogP contribution in [0.5, 0.6) is 11.5 Å². The average Bonchev–Trinajstić information content (AvgIpc) is 2.58. The lowest BCUT2D eigenvalue weighted by atomic mass is 10.3. The second-order valence-corrected chi connectivity index (χ2v) is 5.61. The van der Waals surface area contributed by atoms with Gasteiger partial charge in [0, 0.05) is 17.8 Å². The first-order chi connectivity index (χ1) is 11.6. The Kier molecular flexibility index (Phi) is 6.95. The predicted octanol–water partition coefficient (Wildman–Crippen LogP) is 3.08. The molecule has 5 nitrogen and oxygen atoms in total. The Morgan fingerprint density at radius 3 is 2.33 bits per heavy atom. The first-order valence-electron chi connectivity index (χ1n) is 8.07. The van der Waals surface area contributed by atoms with Crippen molar-refractivity contribution in [3.63, 3.8) is 0 Å². The molecule has 0 saturated heterocycles. The number of nitrogens with one attached hydrogen (secondary N) is 2. The fourth-order valence-corrected chi connectivity index (χ4v) is 2.09. The van der Waals surface area contributed by atoms with Gasteiger partial charge in [0.1, 0.15) is 24.7 Å². The summed E-state index contributed by atoms with van der Waals surface area (Å²) in [5.74, 6) is 1.53. The third-order valence-corrected chi connectivity index (χ3v) is 3.10. The maximum Gasteiger partial charge on any atom is 0.239 e. The van der Waals surface area contributed by atoms with Gasteiger partial charge >= 0.3 is 0 Å². The summed E-state index contributed by atoms with van der Waals surface area (Å²) < 4.78 is 11.3. The molecule has 0 saturated carbocycles. The summed E-state index contributed by atoms with van der Waals surface area (Å²) in [7, 11) is 0. The minimum atomic E-state index is -0.0346. The minimum absolute atomic E-state index is 0.0346. The number of hydrogen-bond acceptors (Lipinski definition) is 4. The molecule has 5 heteroatoms. The van der Waals surface area contributed by atoms with E-state index in [0.29, 0.717) is 13.2 Å². The van der Waals surface area contributed by atoms with E-state index in [0.717, 1.165) is 17.2 Å². The SMILES string of the molecule is CC(C)NC(=O)CNc1cccc(OCCOc2ccccc2)c1. The van der Waals surface area contributed by atoms with Crippen LogP contribution < -0.4 is 20.1 Å². The summed E-state index contributed by atoms with van der Waals surface area (Å²) in [5.41, 5.74) is 0.843. The second kappa shape index (κ2) is 9.45. The molecule has 2 aromatic rings. The van der Waals surface area contributed by atoms with Crippen LogP contribution >= 0.6 is 0 Å². The number of anilines is 1. The molecule has 0 heterocycles. The third kappa shape index (κ3) is 6.60. The van der Waals surface area contributed by atoms with Gasteiger partial charge in [-0.1, -0.05) is 24.3 Å². The van der Waals surface area contributed by atoms with Crippen LogP contribution in [-0.4, -0.2) is 31.7 Å². The molecule has 0 aliphatic rings. The van der Waals surface area contributed by atoms with E-state index in [1.807, 2.05) is 68.4 Å². The zero-order chi connectivity index (χ0) is 17.2. The lowest BCUT2D eigenvalue weighted by Gasteiger charge is -2.12. The highest BCUT2D eigenvalue weighted by molar-refractivity contribution is 5.80. The molecule has 0 spiro atoms. The van der Waals surface area contributed by atoms with Crippen molar-refractivity contribution in [2.45, 2.75) is 19.9 Å². The Hall–Kier alpha value is -2.69. The fraction of sp³-hybridized carbons (Fsp3) is 0.316. The van der Waals surface area contributed by atoms with Crippen molar-refractivity contribution in [3.8, 4) is 11.5 Å². The smallest absolute Gasteiger partial charge is 0.239 e. The van der Waals surface area contributed by atoms with E-state index in [9.17, 15) is 4.79 Å². The summed E-state index contributed by atoms with van der Waals surface area (Å²) in [6.07, 6.45) is 0. The Balaban J connectivity index is 1.73. The van der Waals surface area contributed by atoms with Crippen molar-refractivity contribution >= 4 is 11.6 Å². The highest BCUT2D eigenvalue weighted by Crippen LogP contribution is 2.17. The Morgan fingerprint density at radius 2 is 1.62 bits per heavy atom. The molecule has 1 amide bonds. The molecule has 0 bridgehead atoms. The van der Waals surface area contributed by atoms with Crippen LogP contribution in [0.3, 0.4) is 0 Å². The van der Waals surface area contributed by atoms with Gasteiger partial charge in [-0.2, -0.15) is 0 Å². The van der Waals surface area contributed by atoms with Crippen LogP contribution in [0.2, 0.25) is 0 Å². The van der Waals surface area contributed by atoms with Gasteiger partial charge in [0.05, 0.1) is 6.54 Å². The van der Waals surface area contributed by atoms with Crippen molar-refractivity contribution in [1.82, 2.24) is 5.32 Å². The molecule has 0 radical (unpaired) electrons. The first-order valence-corrected chi connectivity index (χ1v) is 8.07. The van der Waals surface area contributed by atoms with E-state index < -0.39 is 0 Å². The molecular weight excluding hydrogens is 304 g/mol. The number of benzene rings is 2. The van der Waals surface area contributed by atoms with E-state index in [2.05, 4.69) is 10.6 Å². The quantitative estimate of drug-likeness (QED) is 0.695. The van der Waals surface area contributed by atoms with Crippen LogP contribution in [0.1, 0.15) is 13.8 Å². The zero-order valence-electron chi connectivity index (χ0n) is 14.1. The molecule has 0 unspecified atom stereocenters. The molecular formula is C19H24N2O3. The Labute approximate surface area is 143 Å². The van der Waals surface area contributed by atoms with Crippen molar-refractivity contribution in [2.75, 3.05) is 25.1 Å². The lowest BCUT2D eigenvalue weighted by Crippen LogP contribution is -2.34. The number of hydrogen-bond donors (Lipinski definition) is 2. The molecule has 0 atom stereocenters. The highest BCUT2D eigenvalue weighted by atomic mass is 16.5. The summed E-state index contributed by atoms with van der Waals surface area (Å²) >= 11 is 0. The second-order valence-electron chi connectivity index (χ2n) is 5.61. The van der Waals surface area contributed by atoms with Crippen molar-refractivity contribution in [3.05, 3.63) is 54.6 Å². The number of carbonyl (C=O) groups is 1. The van der Waals surface area contributed by atoms with E-state index in [4.69, 9.17) is 9.47 Å². The lowest BCUT2D eigenvalue weighted by molar-refractivity contribution is -0.119. The van der Waals surface area contributed by atoms with Gasteiger partial charge in [-0.15, -0.1) is 0 Å². The van der Waals surface area contributed by atoms with Gasteiger partial charge in [0.15, 0.2) is 0 Å². The van der Waals surface area contributed by atoms with Crippen molar-refractivity contribution < 1.29 is 14.3 Å². The maximum atomic E-state index is 11.6. The summed E-state index contributed by atoms with van der Waals surface area (Å²) in [4.78, 5) is 11.6. The van der Waals surface area contributed by atoms with Gasteiger partial charge in [-0.05, 0) is 38.1 Å². The largest absolute Gasteiger partial charge is 0.490 e. The number of ether oxygens (including phenoxy) is 2. The number of rotatable bonds is 9. The van der Waals surface area contributed by atoms with Crippen LogP contribution in [0.15, 0.2) is 54.6 Å². The summed E-state index contributed by atoms with van der Waals surface area (Å²) in [6.45, 7) is 5.02. The summed E-state index contributed by atoms with van der Waals surface area (Å²) in [5, 5.41) is 5.92. The molecule has 0 fully saturated rings. The third-order valence-electron chi connectivity index (χ3n) is 3.10. The van der Waals surface area contributed by atoms with Crippen molar-refractivity contribution in [1.29, 1.82) is 0 Å². The monoisotopic (exact) mass is 328 g/mol. The molecule has 24 heavy (non-hydrogen) atoms. The standard InChI is InChI=1S/C19H24N2O3/c1-15(2)21-19(22)14-20-16-7-6-10-18(13-16)24-12-11-23-17-8-4-3-5-9-17/h3-10,13,15,20H,11-12,14H2,1-2H3,(H,21,22). The molecule has 2 N–H and O–H groups in total. The van der Waals surface area contributed by atoms with Gasteiger partial charge in [0.25, 0.3) is 0 Å². The van der Waals surface area contributed by atoms with Crippen molar-refractivity contribution in [2.24, 2.45) is 0 Å². The number of amides is 1.